The number of hydrogen-bond acceptors (Lipinski definition) is 3. The first-order valence-electron chi connectivity index (χ1n) is 7.00. The van der Waals surface area contributed by atoms with Crippen molar-refractivity contribution in [2.75, 3.05) is 11.9 Å². The highest BCUT2D eigenvalue weighted by Crippen LogP contribution is 2.16. The quantitative estimate of drug-likeness (QED) is 0.859. The molecule has 0 bridgehead atoms. The predicted octanol–water partition coefficient (Wildman–Crippen LogP) is 2.37. The maximum atomic E-state index is 12.1. The second-order valence-electron chi connectivity index (χ2n) is 4.78. The number of benzene rings is 2. The first-order chi connectivity index (χ1) is 10.6. The topological polar surface area (TPSA) is 81.4 Å². The molecule has 0 fully saturated rings. The van der Waals surface area contributed by atoms with Crippen LogP contribution in [-0.4, -0.2) is 18.4 Å². The number of nitrogens with two attached hydrogens (primary N) is 1. The van der Waals surface area contributed by atoms with Crippen LogP contribution in [0.2, 0.25) is 0 Å². The molecule has 5 heteroatoms. The summed E-state index contributed by atoms with van der Waals surface area (Å²) in [6, 6.07) is 14.2. The largest absolute Gasteiger partial charge is 0.484 e. The van der Waals surface area contributed by atoms with Crippen molar-refractivity contribution in [1.29, 1.82) is 0 Å². The average molecular weight is 298 g/mol. The predicted molar refractivity (Wildman–Crippen MR) is 84.9 cm³/mol. The zero-order chi connectivity index (χ0) is 15.9. The molecule has 2 aromatic carbocycles. The van der Waals surface area contributed by atoms with Gasteiger partial charge >= 0.3 is 0 Å². The third-order valence-electron chi connectivity index (χ3n) is 3.12. The molecule has 0 aliphatic heterocycles. The van der Waals surface area contributed by atoms with Crippen LogP contribution in [0, 0.1) is 0 Å². The Balaban J connectivity index is 1.97. The molecule has 0 heterocycles. The van der Waals surface area contributed by atoms with Gasteiger partial charge in [-0.05, 0) is 48.4 Å². The van der Waals surface area contributed by atoms with E-state index in [1.54, 1.807) is 36.4 Å². The van der Waals surface area contributed by atoms with Crippen LogP contribution in [0.5, 0.6) is 5.75 Å². The van der Waals surface area contributed by atoms with Crippen LogP contribution in [0.4, 0.5) is 5.69 Å². The van der Waals surface area contributed by atoms with Gasteiger partial charge in [0.15, 0.2) is 6.61 Å². The van der Waals surface area contributed by atoms with Crippen LogP contribution in [0.15, 0.2) is 48.5 Å². The monoisotopic (exact) mass is 298 g/mol. The molecule has 0 radical (unpaired) electrons. The van der Waals surface area contributed by atoms with Crippen molar-refractivity contribution in [1.82, 2.24) is 0 Å². The van der Waals surface area contributed by atoms with E-state index in [4.69, 9.17) is 10.5 Å². The van der Waals surface area contributed by atoms with Crippen LogP contribution in [0.25, 0.3) is 0 Å². The van der Waals surface area contributed by atoms with E-state index in [0.717, 1.165) is 6.42 Å². The first kappa shape index (κ1) is 15.6. The van der Waals surface area contributed by atoms with Crippen molar-refractivity contribution in [3.63, 3.8) is 0 Å². The van der Waals surface area contributed by atoms with Crippen molar-refractivity contribution in [3.8, 4) is 5.75 Å². The lowest BCUT2D eigenvalue weighted by atomic mass is 10.1. The van der Waals surface area contributed by atoms with E-state index in [-0.39, 0.29) is 12.5 Å². The summed E-state index contributed by atoms with van der Waals surface area (Å²) in [6.07, 6.45) is 0.939. The van der Waals surface area contributed by atoms with E-state index in [2.05, 4.69) is 12.2 Å². The lowest BCUT2D eigenvalue weighted by Gasteiger charge is -2.08. The number of carbonyl (C=O) groups is 2. The highest BCUT2D eigenvalue weighted by Gasteiger charge is 2.06. The second-order valence-corrected chi connectivity index (χ2v) is 4.78. The van der Waals surface area contributed by atoms with Gasteiger partial charge in [-0.25, -0.2) is 0 Å². The van der Waals surface area contributed by atoms with Crippen molar-refractivity contribution in [2.45, 2.75) is 13.3 Å². The number of amides is 2. The van der Waals surface area contributed by atoms with Crippen LogP contribution in [-0.2, 0) is 11.2 Å². The molecule has 3 N–H and O–H groups in total. The third kappa shape index (κ3) is 4.34. The van der Waals surface area contributed by atoms with E-state index in [9.17, 15) is 9.59 Å². The van der Waals surface area contributed by atoms with E-state index >= 15 is 0 Å². The molecule has 0 atom stereocenters. The maximum absolute atomic E-state index is 12.1. The summed E-state index contributed by atoms with van der Waals surface area (Å²) in [7, 11) is 0. The normalized spacial score (nSPS) is 10.0. The van der Waals surface area contributed by atoms with Crippen LogP contribution >= 0.6 is 0 Å². The summed E-state index contributed by atoms with van der Waals surface area (Å²) in [5, 5.41) is 2.80. The molecular formula is C17H18N2O3. The number of rotatable bonds is 6. The molecular weight excluding hydrogens is 280 g/mol. The maximum Gasteiger partial charge on any atom is 0.255 e. The van der Waals surface area contributed by atoms with Crippen molar-refractivity contribution < 1.29 is 14.3 Å². The van der Waals surface area contributed by atoms with Crippen molar-refractivity contribution in [2.24, 2.45) is 5.73 Å². The minimum atomic E-state index is -0.534. The number of ether oxygens (including phenoxy) is 1. The molecule has 0 aliphatic carbocycles. The summed E-state index contributed by atoms with van der Waals surface area (Å²) in [5.41, 5.74) is 7.44. The Morgan fingerprint density at radius 2 is 1.68 bits per heavy atom. The molecule has 0 saturated heterocycles. The van der Waals surface area contributed by atoms with Gasteiger partial charge in [-0.3, -0.25) is 9.59 Å². The Morgan fingerprint density at radius 1 is 1.05 bits per heavy atom. The van der Waals surface area contributed by atoms with Gasteiger partial charge in [0.05, 0.1) is 0 Å². The molecule has 5 nitrogen and oxygen atoms in total. The number of primary amides is 1. The van der Waals surface area contributed by atoms with Gasteiger partial charge in [0, 0.05) is 11.3 Å². The van der Waals surface area contributed by atoms with E-state index in [0.29, 0.717) is 17.0 Å². The molecule has 0 unspecified atom stereocenters. The van der Waals surface area contributed by atoms with Crippen LogP contribution < -0.4 is 15.8 Å². The number of nitrogens with one attached hydrogen (secondary N) is 1. The van der Waals surface area contributed by atoms with Gasteiger partial charge < -0.3 is 15.8 Å². The van der Waals surface area contributed by atoms with Gasteiger partial charge in [0.2, 0.25) is 0 Å². The van der Waals surface area contributed by atoms with Crippen molar-refractivity contribution in [3.05, 3.63) is 59.7 Å². The van der Waals surface area contributed by atoms with E-state index < -0.39 is 5.91 Å². The molecule has 0 saturated carbocycles. The highest BCUT2D eigenvalue weighted by molar-refractivity contribution is 6.04. The lowest BCUT2D eigenvalue weighted by Crippen LogP contribution is -2.20. The molecule has 0 spiro atoms. The second kappa shape index (κ2) is 7.26. The molecule has 2 rings (SSSR count). The Hall–Kier alpha value is -2.82. The average Bonchev–Trinajstić information content (AvgIpc) is 2.54. The summed E-state index contributed by atoms with van der Waals surface area (Å²) in [6.45, 7) is 1.90. The summed E-state index contributed by atoms with van der Waals surface area (Å²) < 4.78 is 5.15. The zero-order valence-corrected chi connectivity index (χ0v) is 12.3. The van der Waals surface area contributed by atoms with Crippen molar-refractivity contribution >= 4 is 17.5 Å². The molecule has 114 valence electrons. The van der Waals surface area contributed by atoms with E-state index in [1.165, 1.54) is 5.56 Å². The number of anilines is 1. The van der Waals surface area contributed by atoms with Gasteiger partial charge in [-0.1, -0.05) is 19.1 Å². The highest BCUT2D eigenvalue weighted by atomic mass is 16.5. The molecule has 22 heavy (non-hydrogen) atoms. The fourth-order valence-corrected chi connectivity index (χ4v) is 1.88. The minimum absolute atomic E-state index is 0.171. The standard InChI is InChI=1S/C17H18N2O3/c1-2-12-3-5-13(6-4-12)17(21)19-14-7-9-15(10-8-14)22-11-16(18)20/h3-10H,2,11H2,1H3,(H2,18,20)(H,19,21). The van der Waals surface area contributed by atoms with Gasteiger partial charge in [0.1, 0.15) is 5.75 Å². The Morgan fingerprint density at radius 3 is 2.23 bits per heavy atom. The summed E-state index contributed by atoms with van der Waals surface area (Å²) in [5.74, 6) is -0.189. The van der Waals surface area contributed by atoms with Gasteiger partial charge in [-0.15, -0.1) is 0 Å². The number of hydrogen-bond donors (Lipinski definition) is 2. The fraction of sp³-hybridized carbons (Fsp3) is 0.176. The van der Waals surface area contributed by atoms with Gasteiger partial charge in [-0.2, -0.15) is 0 Å². The zero-order valence-electron chi connectivity index (χ0n) is 12.3. The molecule has 2 amide bonds. The van der Waals surface area contributed by atoms with E-state index in [1.807, 2.05) is 12.1 Å². The fourth-order valence-electron chi connectivity index (χ4n) is 1.88. The number of carbonyl (C=O) groups excluding carboxylic acids is 2. The SMILES string of the molecule is CCc1ccc(C(=O)Nc2ccc(OCC(N)=O)cc2)cc1. The Bertz CT molecular complexity index is 649. The van der Waals surface area contributed by atoms with Gasteiger partial charge in [0.25, 0.3) is 11.8 Å². The molecule has 0 aliphatic rings. The minimum Gasteiger partial charge on any atom is -0.484 e. The summed E-state index contributed by atoms with van der Waals surface area (Å²) >= 11 is 0. The third-order valence-corrected chi connectivity index (χ3v) is 3.12. The summed E-state index contributed by atoms with van der Waals surface area (Å²) in [4.78, 5) is 22.7. The van der Waals surface area contributed by atoms with Crippen LogP contribution in [0.1, 0.15) is 22.8 Å². The lowest BCUT2D eigenvalue weighted by molar-refractivity contribution is -0.119. The Labute approximate surface area is 129 Å². The van der Waals surface area contributed by atoms with Crippen LogP contribution in [0.3, 0.4) is 0 Å². The number of aryl methyl sites for hydroxylation is 1. The smallest absolute Gasteiger partial charge is 0.255 e. The molecule has 2 aromatic rings. The molecule has 0 aromatic heterocycles. The first-order valence-corrected chi connectivity index (χ1v) is 7.00. The Kier molecular flexibility index (Phi) is 5.14.